The Morgan fingerprint density at radius 1 is 1.00 bits per heavy atom. The zero-order chi connectivity index (χ0) is 38.6. The number of H-pyrrole nitrogens is 1. The molecule has 292 valence electrons. The van der Waals surface area contributed by atoms with Crippen molar-refractivity contribution in [2.75, 3.05) is 70.0 Å². The number of halogens is 3. The Labute approximate surface area is 313 Å². The molecule has 54 heavy (non-hydrogen) atoms. The highest BCUT2D eigenvalue weighted by Gasteiger charge is 2.37. The van der Waals surface area contributed by atoms with Crippen LogP contribution in [-0.4, -0.2) is 113 Å². The number of carbonyl (C=O) groups is 1. The second-order valence-electron chi connectivity index (χ2n) is 14.5. The summed E-state index contributed by atoms with van der Waals surface area (Å²) in [6, 6.07) is 4.61. The van der Waals surface area contributed by atoms with Crippen LogP contribution in [0.5, 0.6) is 5.88 Å². The van der Waals surface area contributed by atoms with E-state index < -0.39 is 11.9 Å². The van der Waals surface area contributed by atoms with E-state index in [-0.39, 0.29) is 41.5 Å². The van der Waals surface area contributed by atoms with Crippen molar-refractivity contribution in [1.29, 1.82) is 0 Å². The first-order valence-corrected chi connectivity index (χ1v) is 18.6. The summed E-state index contributed by atoms with van der Waals surface area (Å²) < 4.78 is 58.1. The lowest BCUT2D eigenvalue weighted by Gasteiger charge is -2.44. The first-order chi connectivity index (χ1) is 25.8. The molecule has 0 unspecified atom stereocenters. The van der Waals surface area contributed by atoms with Gasteiger partial charge in [0.15, 0.2) is 11.5 Å². The highest BCUT2D eigenvalue weighted by Crippen LogP contribution is 2.41. The van der Waals surface area contributed by atoms with Gasteiger partial charge in [-0.1, -0.05) is 12.8 Å². The van der Waals surface area contributed by atoms with Crippen molar-refractivity contribution in [1.82, 2.24) is 34.8 Å². The number of methoxy groups -OCH3 is 1. The maximum Gasteiger partial charge on any atom is 0.433 e. The second kappa shape index (κ2) is 16.4. The highest BCUT2D eigenvalue weighted by molar-refractivity contribution is 5.91. The molecule has 0 aromatic carbocycles. The molecule has 1 saturated carbocycles. The summed E-state index contributed by atoms with van der Waals surface area (Å²) in [5, 5.41) is 0. The summed E-state index contributed by atoms with van der Waals surface area (Å²) in [5.41, 5.74) is 1.56. The van der Waals surface area contributed by atoms with Gasteiger partial charge in [0, 0.05) is 69.5 Å². The minimum atomic E-state index is -4.68. The number of pyridine rings is 2. The van der Waals surface area contributed by atoms with Crippen LogP contribution >= 0.6 is 0 Å². The van der Waals surface area contributed by atoms with Crippen LogP contribution in [0.15, 0.2) is 30.6 Å². The lowest BCUT2D eigenvalue weighted by atomic mass is 9.86. The Morgan fingerprint density at radius 3 is 2.37 bits per heavy atom. The molecule has 2 atom stereocenters. The van der Waals surface area contributed by atoms with Gasteiger partial charge in [-0.25, -0.2) is 24.9 Å². The minimum absolute atomic E-state index is 0.0625. The molecule has 1 N–H and O–H groups in total. The lowest BCUT2D eigenvalue weighted by Crippen LogP contribution is -2.57. The Balaban J connectivity index is 1.32. The molecule has 16 heteroatoms. The molecule has 5 heterocycles. The normalized spacial score (nSPS) is 19.0. The second-order valence-corrected chi connectivity index (χ2v) is 14.5. The van der Waals surface area contributed by atoms with E-state index in [2.05, 4.69) is 38.5 Å². The molecular formula is C38H50F3N9O4. The molecule has 1 aliphatic heterocycles. The van der Waals surface area contributed by atoms with E-state index in [1.54, 1.807) is 32.5 Å². The van der Waals surface area contributed by atoms with Gasteiger partial charge in [0.1, 0.15) is 22.7 Å². The Morgan fingerprint density at radius 2 is 1.74 bits per heavy atom. The molecule has 2 aliphatic rings. The first-order valence-electron chi connectivity index (χ1n) is 18.6. The number of alkyl halides is 3. The number of esters is 1. The number of anilines is 2. The molecule has 1 saturated heterocycles. The van der Waals surface area contributed by atoms with E-state index in [1.807, 2.05) is 14.0 Å². The SMILES string of the molecule is CCOC(=O)CCN1[C@H](C)CN(c2cnc(-c3nc4nc(-c5cc(OCC)nc(C(F)(F)F)c5)cc(N(C)CC5(COC)CCCC5)c4[nH]3)cn2)C[C@@H]1C. The van der Waals surface area contributed by atoms with Gasteiger partial charge in [0.2, 0.25) is 5.88 Å². The van der Waals surface area contributed by atoms with Crippen molar-refractivity contribution >= 4 is 28.6 Å². The van der Waals surface area contributed by atoms with Crippen molar-refractivity contribution in [3.8, 4) is 28.7 Å². The van der Waals surface area contributed by atoms with Gasteiger partial charge in [-0.15, -0.1) is 0 Å². The van der Waals surface area contributed by atoms with Crippen LogP contribution in [0.25, 0.3) is 33.9 Å². The number of aromatic amines is 1. The average molecular weight is 754 g/mol. The summed E-state index contributed by atoms with van der Waals surface area (Å²) in [4.78, 5) is 44.7. The third kappa shape index (κ3) is 8.70. The fourth-order valence-corrected chi connectivity index (χ4v) is 7.97. The zero-order valence-electron chi connectivity index (χ0n) is 31.9. The number of fused-ring (bicyclic) bond motifs is 1. The van der Waals surface area contributed by atoms with Gasteiger partial charge in [-0.3, -0.25) is 9.69 Å². The van der Waals surface area contributed by atoms with Crippen LogP contribution in [0.1, 0.15) is 65.5 Å². The number of hydrogen-bond donors (Lipinski definition) is 1. The summed E-state index contributed by atoms with van der Waals surface area (Å²) in [7, 11) is 3.69. The Kier molecular flexibility index (Phi) is 11.9. The van der Waals surface area contributed by atoms with Gasteiger partial charge in [0.25, 0.3) is 0 Å². The number of piperazine rings is 1. The molecular weight excluding hydrogens is 703 g/mol. The van der Waals surface area contributed by atoms with Crippen molar-refractivity contribution in [2.45, 2.75) is 78.1 Å². The maximum absolute atomic E-state index is 14.0. The Bertz CT molecular complexity index is 1890. The molecule has 0 amide bonds. The number of aromatic nitrogens is 6. The molecule has 1 aliphatic carbocycles. The predicted octanol–water partition coefficient (Wildman–Crippen LogP) is 6.39. The smallest absolute Gasteiger partial charge is 0.433 e. The van der Waals surface area contributed by atoms with E-state index in [9.17, 15) is 18.0 Å². The summed E-state index contributed by atoms with van der Waals surface area (Å²) >= 11 is 0. The minimum Gasteiger partial charge on any atom is -0.478 e. The van der Waals surface area contributed by atoms with E-state index in [4.69, 9.17) is 34.1 Å². The van der Waals surface area contributed by atoms with Gasteiger partial charge < -0.3 is 29.0 Å². The number of ether oxygens (including phenoxy) is 3. The van der Waals surface area contributed by atoms with Crippen molar-refractivity contribution in [3.63, 3.8) is 0 Å². The average Bonchev–Trinajstić information content (AvgIpc) is 3.78. The lowest BCUT2D eigenvalue weighted by molar-refractivity contribution is -0.144. The first kappa shape index (κ1) is 39.1. The molecule has 13 nitrogen and oxygen atoms in total. The van der Waals surface area contributed by atoms with Gasteiger partial charge in [-0.2, -0.15) is 13.2 Å². The van der Waals surface area contributed by atoms with E-state index >= 15 is 0 Å². The number of imidazole rings is 1. The molecule has 0 spiro atoms. The summed E-state index contributed by atoms with van der Waals surface area (Å²) in [6.45, 7) is 11.6. The number of rotatable bonds is 14. The number of carbonyl (C=O) groups excluding carboxylic acids is 1. The monoisotopic (exact) mass is 753 g/mol. The van der Waals surface area contributed by atoms with Gasteiger partial charge in [-0.05, 0) is 52.7 Å². The standard InChI is InChI=1S/C38H50F3N9O4/c1-7-53-32-16-26(15-30(45-32)38(39,40)41)27-17-29(48(5)22-37(23-52-6)12-9-10-13-37)34-36(44-27)47-35(46-34)28-18-43-31(19-42-28)49-20-24(3)50(25(4)21-49)14-11-33(51)54-8-2/h15-19,24-25H,7-14,20-23H2,1-6H3,(H,44,46,47)/t24-,25+. The zero-order valence-corrected chi connectivity index (χ0v) is 31.9. The quantitative estimate of drug-likeness (QED) is 0.143. The third-order valence-corrected chi connectivity index (χ3v) is 10.4. The molecule has 4 aromatic heterocycles. The van der Waals surface area contributed by atoms with E-state index in [0.29, 0.717) is 61.1 Å². The van der Waals surface area contributed by atoms with Crippen molar-refractivity contribution < 1.29 is 32.2 Å². The van der Waals surface area contributed by atoms with Gasteiger partial charge in [0.05, 0.1) is 50.0 Å². The van der Waals surface area contributed by atoms with Crippen LogP contribution in [0.2, 0.25) is 0 Å². The Hall–Kier alpha value is -4.57. The fraction of sp³-hybridized carbons (Fsp3) is 0.579. The maximum atomic E-state index is 14.0. The number of hydrogen-bond acceptors (Lipinski definition) is 12. The predicted molar refractivity (Wildman–Crippen MR) is 199 cm³/mol. The summed E-state index contributed by atoms with van der Waals surface area (Å²) in [5.74, 6) is 0.831. The van der Waals surface area contributed by atoms with Crippen LogP contribution in [0, 0.1) is 5.41 Å². The van der Waals surface area contributed by atoms with E-state index in [0.717, 1.165) is 56.3 Å². The molecule has 6 rings (SSSR count). The van der Waals surface area contributed by atoms with E-state index in [1.165, 1.54) is 6.07 Å². The van der Waals surface area contributed by atoms with Crippen LogP contribution in [0.4, 0.5) is 24.7 Å². The molecule has 0 bridgehead atoms. The van der Waals surface area contributed by atoms with Gasteiger partial charge >= 0.3 is 12.1 Å². The van der Waals surface area contributed by atoms with Crippen molar-refractivity contribution in [2.24, 2.45) is 5.41 Å². The van der Waals surface area contributed by atoms with Crippen molar-refractivity contribution in [3.05, 3.63) is 36.3 Å². The molecule has 4 aromatic rings. The molecule has 2 fully saturated rings. The summed E-state index contributed by atoms with van der Waals surface area (Å²) in [6.07, 6.45) is 3.30. The fourth-order valence-electron chi connectivity index (χ4n) is 7.97. The number of nitrogens with one attached hydrogen (secondary N) is 1. The molecule has 0 radical (unpaired) electrons. The number of nitrogens with zero attached hydrogens (tertiary/aromatic N) is 8. The topological polar surface area (TPSA) is 135 Å². The van der Waals surface area contributed by atoms with Crippen LogP contribution in [0.3, 0.4) is 0 Å². The highest BCUT2D eigenvalue weighted by atomic mass is 19.4. The van der Waals surface area contributed by atoms with Crippen LogP contribution < -0.4 is 14.5 Å². The van der Waals surface area contributed by atoms with Crippen LogP contribution in [-0.2, 0) is 20.4 Å². The third-order valence-electron chi connectivity index (χ3n) is 10.4. The largest absolute Gasteiger partial charge is 0.478 e.